The maximum absolute atomic E-state index is 13.7. The molecule has 15 heterocycles. The van der Waals surface area contributed by atoms with E-state index in [0.717, 1.165) is 151 Å². The van der Waals surface area contributed by atoms with Gasteiger partial charge in [0.15, 0.2) is 15.1 Å². The third-order valence-corrected chi connectivity index (χ3v) is 30.4. The second-order valence-corrected chi connectivity index (χ2v) is 45.8. The molecule has 3 unspecified atom stereocenters. The number of amides is 4. The Morgan fingerprint density at radius 1 is 0.425 bits per heavy atom. The van der Waals surface area contributed by atoms with Gasteiger partial charge < -0.3 is 50.9 Å². The Labute approximate surface area is 750 Å². The van der Waals surface area contributed by atoms with Crippen molar-refractivity contribution in [3.05, 3.63) is 172 Å². The number of nitrogens with one attached hydrogen (secondary N) is 8. The first-order chi connectivity index (χ1) is 59.9. The topological polar surface area (TPSA) is 366 Å². The van der Waals surface area contributed by atoms with Crippen molar-refractivity contribution >= 4 is 88.8 Å². The van der Waals surface area contributed by atoms with Gasteiger partial charge in [-0.15, -0.1) is 0 Å². The molecule has 0 radical (unpaired) electrons. The van der Waals surface area contributed by atoms with Crippen LogP contribution in [0.25, 0.3) is 0 Å². The minimum atomic E-state index is -4.31. The number of carbonyl (C=O) groups is 4. The maximum atomic E-state index is 13.7. The predicted octanol–water partition coefficient (Wildman–Crippen LogP) is 14.2. The number of pyridine rings is 6. The molecule has 0 saturated carbocycles. The van der Waals surface area contributed by atoms with Crippen molar-refractivity contribution in [1.29, 1.82) is 0 Å². The SMILES string of the molecule is CC(C)(C)c1ccc2c(n1)N1C[C@@H](CCC(C3=CCN(C(=O)OCc4ccccc4)CC3)Nc3cccc(n3)S(=O)(=O)NC2=O)CC1(C)C.CC(C)(C)c1ccc2c(n1)N1C[C@@H](CCC(C3CCNCC3)Nc3cccc(n3)S(=O)(=O)NC2=O)CC1(C)C.CC(C)(C)c1ccc2c(n1)N1C[C@@H](CCC(C3CCNCC3)Nc3cccc(n3)S(=O)(=O)NC2=O)CC1(C)C. The zero-order valence-corrected chi connectivity index (χ0v) is 78.9. The van der Waals surface area contributed by atoms with Crippen LogP contribution in [0, 0.1) is 29.6 Å². The summed E-state index contributed by atoms with van der Waals surface area (Å²) < 4.78 is 92.9. The summed E-state index contributed by atoms with van der Waals surface area (Å²) >= 11 is 0. The lowest BCUT2D eigenvalue weighted by atomic mass is 9.84. The van der Waals surface area contributed by atoms with Gasteiger partial charge in [-0.05, 0) is 271 Å². The lowest BCUT2D eigenvalue weighted by molar-refractivity contribution is 0.0972. The smallest absolute Gasteiger partial charge is 0.410 e. The van der Waals surface area contributed by atoms with Crippen LogP contribution in [0.4, 0.5) is 39.7 Å². The number of ether oxygens (including phenoxy) is 1. The Kier molecular flexibility index (Phi) is 27.4. The number of benzene rings is 1. The van der Waals surface area contributed by atoms with Gasteiger partial charge in [0.2, 0.25) is 0 Å². The van der Waals surface area contributed by atoms with Gasteiger partial charge in [0.25, 0.3) is 47.8 Å². The fourth-order valence-corrected chi connectivity index (χ4v) is 22.5. The van der Waals surface area contributed by atoms with E-state index in [-0.39, 0.29) is 95.5 Å². The van der Waals surface area contributed by atoms with Gasteiger partial charge >= 0.3 is 6.09 Å². The predicted molar refractivity (Wildman–Crippen MR) is 496 cm³/mol. The van der Waals surface area contributed by atoms with Gasteiger partial charge in [0.1, 0.15) is 41.5 Å². The van der Waals surface area contributed by atoms with Gasteiger partial charge in [-0.2, -0.15) is 25.3 Å². The fourth-order valence-electron chi connectivity index (χ4n) is 19.7. The highest BCUT2D eigenvalue weighted by Gasteiger charge is 2.47. The first-order valence-electron chi connectivity index (χ1n) is 45.2. The summed E-state index contributed by atoms with van der Waals surface area (Å²) in [6, 6.07) is 35.0. The molecule has 684 valence electrons. The summed E-state index contributed by atoms with van der Waals surface area (Å²) in [5.74, 6) is 3.01. The van der Waals surface area contributed by atoms with E-state index >= 15 is 0 Å². The normalized spacial score (nSPS) is 24.2. The Morgan fingerprint density at radius 3 is 1.13 bits per heavy atom. The van der Waals surface area contributed by atoms with Crippen molar-refractivity contribution in [2.24, 2.45) is 29.6 Å². The molecule has 127 heavy (non-hydrogen) atoms. The zero-order chi connectivity index (χ0) is 91.0. The molecule has 9 aliphatic heterocycles. The summed E-state index contributed by atoms with van der Waals surface area (Å²) in [6.45, 7) is 39.1. The summed E-state index contributed by atoms with van der Waals surface area (Å²) in [5, 5.41) is 17.0. The highest BCUT2D eigenvalue weighted by molar-refractivity contribution is 7.90. The molecule has 4 amide bonds. The Morgan fingerprint density at radius 2 is 0.780 bits per heavy atom. The van der Waals surface area contributed by atoms with Crippen LogP contribution in [0.1, 0.15) is 247 Å². The number of carbonyl (C=O) groups excluding carboxylic acids is 4. The average molecular weight is 1800 g/mol. The molecule has 5 fully saturated rings. The van der Waals surface area contributed by atoms with E-state index in [0.29, 0.717) is 90.6 Å². The molecule has 12 bridgehead atoms. The third-order valence-electron chi connectivity index (χ3n) is 26.7. The number of fused-ring (bicyclic) bond motifs is 18. The number of hydrogen-bond acceptors (Lipinski definition) is 25. The van der Waals surface area contributed by atoms with Crippen LogP contribution in [-0.4, -0.2) is 178 Å². The number of nitrogens with zero attached hydrogens (tertiary/aromatic N) is 10. The maximum Gasteiger partial charge on any atom is 0.410 e. The quantitative estimate of drug-likeness (QED) is 0.0742. The van der Waals surface area contributed by atoms with Crippen molar-refractivity contribution in [2.45, 2.75) is 266 Å². The first-order valence-corrected chi connectivity index (χ1v) is 49.7. The summed E-state index contributed by atoms with van der Waals surface area (Å²) in [5.41, 5.74) is 3.83. The minimum absolute atomic E-state index is 0.136. The number of sulfonamides is 3. The molecule has 7 aromatic rings. The van der Waals surface area contributed by atoms with E-state index in [1.54, 1.807) is 65.6 Å². The van der Waals surface area contributed by atoms with Crippen LogP contribution in [0.5, 0.6) is 0 Å². The van der Waals surface area contributed by atoms with Gasteiger partial charge in [-0.25, -0.2) is 48.9 Å². The fraction of sp³-hybridized carbons (Fsp3) is 0.558. The highest BCUT2D eigenvalue weighted by atomic mass is 32.2. The van der Waals surface area contributed by atoms with E-state index in [4.69, 9.17) is 19.7 Å². The number of hydrogen-bond donors (Lipinski definition) is 8. The molecule has 9 aliphatic rings. The average Bonchev–Trinajstić information content (AvgIpc) is 1.64. The van der Waals surface area contributed by atoms with Crippen LogP contribution < -0.4 is 55.4 Å². The molecule has 8 N–H and O–H groups in total. The van der Waals surface area contributed by atoms with E-state index < -0.39 is 47.8 Å². The second-order valence-electron chi connectivity index (χ2n) is 40.9. The van der Waals surface area contributed by atoms with Gasteiger partial charge in [0.05, 0.1) is 16.7 Å². The number of rotatable bonds is 5. The molecule has 29 nitrogen and oxygen atoms in total. The molecule has 16 rings (SSSR count). The molecular formula is C95H130N18O11S3. The monoisotopic (exact) mass is 1790 g/mol. The van der Waals surface area contributed by atoms with Crippen LogP contribution in [0.3, 0.4) is 0 Å². The lowest BCUT2D eigenvalue weighted by Gasteiger charge is -2.34. The molecule has 0 spiro atoms. The van der Waals surface area contributed by atoms with E-state index in [1.807, 2.05) is 42.5 Å². The van der Waals surface area contributed by atoms with Crippen LogP contribution in [0.15, 0.2) is 148 Å². The van der Waals surface area contributed by atoms with Crippen molar-refractivity contribution in [2.75, 3.05) is 89.6 Å². The van der Waals surface area contributed by atoms with Crippen molar-refractivity contribution < 1.29 is 49.2 Å². The number of anilines is 6. The molecule has 32 heteroatoms. The van der Waals surface area contributed by atoms with Crippen LogP contribution in [0.2, 0.25) is 0 Å². The van der Waals surface area contributed by atoms with Crippen LogP contribution in [-0.2, 0) is 57.7 Å². The van der Waals surface area contributed by atoms with E-state index in [1.165, 1.54) is 18.2 Å². The summed E-state index contributed by atoms with van der Waals surface area (Å²) in [4.78, 5) is 90.3. The number of piperidine rings is 2. The van der Waals surface area contributed by atoms with E-state index in [9.17, 15) is 44.4 Å². The Balaban J connectivity index is 0.000000156. The Hall–Kier alpha value is -9.89. The third kappa shape index (κ3) is 22.2. The van der Waals surface area contributed by atoms with Crippen LogP contribution >= 0.6 is 0 Å². The lowest BCUT2D eigenvalue weighted by Crippen LogP contribution is -2.41. The molecule has 1 aromatic carbocycles. The molecule has 6 atom stereocenters. The minimum Gasteiger partial charge on any atom is -0.445 e. The molecule has 0 aliphatic carbocycles. The van der Waals surface area contributed by atoms with Crippen molar-refractivity contribution in [3.63, 3.8) is 0 Å². The largest absolute Gasteiger partial charge is 0.445 e. The highest BCUT2D eigenvalue weighted by Crippen LogP contribution is 2.46. The summed E-state index contributed by atoms with van der Waals surface area (Å²) in [7, 11) is -12.7. The zero-order valence-electron chi connectivity index (χ0n) is 76.4. The second kappa shape index (κ2) is 37.3. The molecular weight excluding hydrogens is 1670 g/mol. The summed E-state index contributed by atoms with van der Waals surface area (Å²) in [6.07, 6.45) is 15.1. The first kappa shape index (κ1) is 93.3. The van der Waals surface area contributed by atoms with Crippen molar-refractivity contribution in [1.82, 2.24) is 59.6 Å². The van der Waals surface area contributed by atoms with E-state index in [2.05, 4.69) is 180 Å². The Bertz CT molecular complexity index is 5380. The van der Waals surface area contributed by atoms with Gasteiger partial charge in [0, 0.05) is 101 Å². The molecule has 5 saturated heterocycles. The molecule has 6 aromatic heterocycles. The van der Waals surface area contributed by atoms with Crippen molar-refractivity contribution in [3.8, 4) is 0 Å². The number of aromatic nitrogens is 6. The van der Waals surface area contributed by atoms with Gasteiger partial charge in [-0.1, -0.05) is 117 Å². The standard InChI is InChI=1S/C37H46N6O5S.2C29H42N6O3S/c1-36(2,3)30-17-15-28-33(39-30)43-23-26(22-37(43,4)5)14-16-29(38-31-12-9-13-32(40-31)49(46,47)41-34(28)44)27-18-20-42(21-19-27)35(45)48-24-25-10-7-6-8-11-25;2*1-28(2,3)23-12-10-21-26(32-23)35-18-19(17-29(35,4)5)9-11-22(20-13-15-30-16-14-20)31-24-7-6-8-25(33-24)39(37,38)34-27(21)36/h6-13,15,17-18,26,29H,14,16,19-24H2,1-5H3,(H,38,40)(H,41,44);2*6-8,10,12,19-20,22,30H,9,11,13-18H2,1-5H3,(H,31,33)(H,34,36)/t26-,29?;2*19-,22?/m000/s1. The van der Waals surface area contributed by atoms with Gasteiger partial charge in [-0.3, -0.25) is 14.4 Å².